The number of aryl methyl sites for hydroxylation is 1. The van der Waals surface area contributed by atoms with Crippen molar-refractivity contribution >= 4 is 34.9 Å². The predicted molar refractivity (Wildman–Crippen MR) is 89.5 cm³/mol. The highest BCUT2D eigenvalue weighted by Crippen LogP contribution is 2.42. The lowest BCUT2D eigenvalue weighted by Gasteiger charge is -2.31. The molecule has 0 unspecified atom stereocenters. The number of hydrogen-bond donors (Lipinski definition) is 1. The fraction of sp³-hybridized carbons (Fsp3) is 0.294. The Hall–Kier alpha value is -1.85. The Morgan fingerprint density at radius 3 is 2.91 bits per heavy atom. The van der Waals surface area contributed by atoms with Crippen LogP contribution < -0.4 is 5.32 Å². The Morgan fingerprint density at radius 1 is 1.26 bits per heavy atom. The van der Waals surface area contributed by atoms with E-state index in [4.69, 9.17) is 11.6 Å². The first-order valence-corrected chi connectivity index (χ1v) is 8.82. The van der Waals surface area contributed by atoms with Crippen LogP contribution in [0.3, 0.4) is 0 Å². The maximum absolute atomic E-state index is 13.1. The molecule has 1 aliphatic carbocycles. The Morgan fingerprint density at radius 2 is 2.09 bits per heavy atom. The minimum atomic E-state index is -0.883. The minimum Gasteiger partial charge on any atom is -0.319 e. The summed E-state index contributed by atoms with van der Waals surface area (Å²) in [5.41, 5.74) is 0.858. The number of halogens is 1. The first-order chi connectivity index (χ1) is 11.1. The molecule has 118 valence electrons. The van der Waals surface area contributed by atoms with Crippen molar-refractivity contribution < 1.29 is 9.59 Å². The van der Waals surface area contributed by atoms with E-state index in [0.29, 0.717) is 11.4 Å². The molecule has 0 radical (unpaired) electrons. The van der Waals surface area contributed by atoms with Crippen LogP contribution in [0.2, 0.25) is 5.02 Å². The summed E-state index contributed by atoms with van der Waals surface area (Å²) in [5.74, 6) is -0.165. The summed E-state index contributed by atoms with van der Waals surface area (Å²) in [7, 11) is 0. The van der Waals surface area contributed by atoms with E-state index in [1.165, 1.54) is 9.78 Å². The molecule has 4 nitrogen and oxygen atoms in total. The number of amides is 3. The van der Waals surface area contributed by atoms with E-state index in [9.17, 15) is 9.59 Å². The van der Waals surface area contributed by atoms with Crippen LogP contribution in [0.15, 0.2) is 35.7 Å². The third kappa shape index (κ3) is 2.18. The number of carbonyl (C=O) groups excluding carboxylic acids is 2. The van der Waals surface area contributed by atoms with Crippen molar-refractivity contribution in [2.75, 3.05) is 0 Å². The summed E-state index contributed by atoms with van der Waals surface area (Å²) >= 11 is 7.82. The number of urea groups is 1. The van der Waals surface area contributed by atoms with Gasteiger partial charge in [-0.25, -0.2) is 4.79 Å². The van der Waals surface area contributed by atoms with Gasteiger partial charge in [-0.2, -0.15) is 0 Å². The molecule has 1 fully saturated rings. The Kier molecular flexibility index (Phi) is 3.43. The molecule has 1 aromatic heterocycles. The van der Waals surface area contributed by atoms with Gasteiger partial charge in [-0.15, -0.1) is 11.3 Å². The first-order valence-electron chi connectivity index (χ1n) is 7.56. The largest absolute Gasteiger partial charge is 0.325 e. The third-order valence-corrected chi connectivity index (χ3v) is 5.97. The van der Waals surface area contributed by atoms with Crippen LogP contribution in [0.1, 0.15) is 28.8 Å². The second-order valence-corrected chi connectivity index (χ2v) is 7.34. The molecule has 6 heteroatoms. The zero-order chi connectivity index (χ0) is 16.0. The van der Waals surface area contributed by atoms with Crippen LogP contribution in [0, 0.1) is 0 Å². The fourth-order valence-corrected chi connectivity index (χ4v) is 4.68. The summed E-state index contributed by atoms with van der Waals surface area (Å²) in [5, 5.41) is 5.51. The highest BCUT2D eigenvalue weighted by atomic mass is 35.5. The maximum Gasteiger partial charge on any atom is 0.325 e. The highest BCUT2D eigenvalue weighted by molar-refractivity contribution is 7.10. The van der Waals surface area contributed by atoms with E-state index < -0.39 is 5.54 Å². The number of nitrogens with zero attached hydrogens (tertiary/aromatic N) is 1. The molecule has 2 aromatic rings. The van der Waals surface area contributed by atoms with Crippen molar-refractivity contribution in [3.8, 4) is 0 Å². The molecular formula is C17H15ClN2O2S. The number of thiophene rings is 1. The van der Waals surface area contributed by atoms with Crippen molar-refractivity contribution in [1.82, 2.24) is 10.2 Å². The van der Waals surface area contributed by atoms with Gasteiger partial charge in [0, 0.05) is 15.5 Å². The van der Waals surface area contributed by atoms with E-state index >= 15 is 0 Å². The molecular weight excluding hydrogens is 332 g/mol. The molecule has 1 aliphatic heterocycles. The maximum atomic E-state index is 13.1. The third-order valence-electron chi connectivity index (χ3n) is 4.62. The number of imide groups is 1. The van der Waals surface area contributed by atoms with Gasteiger partial charge in [-0.05, 0) is 42.3 Å². The summed E-state index contributed by atoms with van der Waals surface area (Å²) in [6.07, 6.45) is 2.53. The van der Waals surface area contributed by atoms with Crippen LogP contribution in [-0.4, -0.2) is 16.8 Å². The summed E-state index contributed by atoms with van der Waals surface area (Å²) in [6, 6.07) is 8.92. The molecule has 1 N–H and O–H groups in total. The molecule has 1 spiro atoms. The lowest BCUT2D eigenvalue weighted by molar-refractivity contribution is -0.132. The molecule has 1 aromatic carbocycles. The molecule has 2 aliphatic rings. The first kappa shape index (κ1) is 14.7. The minimum absolute atomic E-state index is 0.165. The number of nitrogens with one attached hydrogen (secondary N) is 1. The summed E-state index contributed by atoms with van der Waals surface area (Å²) in [6.45, 7) is 0.200. The highest BCUT2D eigenvalue weighted by Gasteiger charge is 2.54. The smallest absolute Gasteiger partial charge is 0.319 e. The van der Waals surface area contributed by atoms with Gasteiger partial charge in [0.1, 0.15) is 5.54 Å². The van der Waals surface area contributed by atoms with E-state index in [1.807, 2.05) is 29.6 Å². The van der Waals surface area contributed by atoms with Gasteiger partial charge in [0.15, 0.2) is 0 Å². The quantitative estimate of drug-likeness (QED) is 0.843. The molecule has 0 saturated carbocycles. The lowest BCUT2D eigenvalue weighted by Crippen LogP contribution is -2.46. The lowest BCUT2D eigenvalue weighted by atomic mass is 9.80. The van der Waals surface area contributed by atoms with Crippen LogP contribution in [-0.2, 0) is 23.3 Å². The fourth-order valence-electron chi connectivity index (χ4n) is 3.48. The van der Waals surface area contributed by atoms with Crippen LogP contribution in [0.25, 0.3) is 0 Å². The normalized spacial score (nSPS) is 23.3. The van der Waals surface area contributed by atoms with E-state index in [-0.39, 0.29) is 18.5 Å². The molecule has 23 heavy (non-hydrogen) atoms. The van der Waals surface area contributed by atoms with Gasteiger partial charge in [-0.1, -0.05) is 29.8 Å². The van der Waals surface area contributed by atoms with Crippen LogP contribution in [0.5, 0.6) is 0 Å². The topological polar surface area (TPSA) is 49.4 Å². The Bertz CT molecular complexity index is 803. The van der Waals surface area contributed by atoms with Gasteiger partial charge >= 0.3 is 6.03 Å². The van der Waals surface area contributed by atoms with Gasteiger partial charge in [0.2, 0.25) is 0 Å². The van der Waals surface area contributed by atoms with Crippen molar-refractivity contribution in [2.24, 2.45) is 0 Å². The van der Waals surface area contributed by atoms with Gasteiger partial charge in [0.25, 0.3) is 5.91 Å². The molecule has 2 heterocycles. The van der Waals surface area contributed by atoms with Gasteiger partial charge in [-0.3, -0.25) is 9.69 Å². The van der Waals surface area contributed by atoms with Crippen LogP contribution >= 0.6 is 22.9 Å². The number of rotatable bonds is 2. The number of carbonyl (C=O) groups is 2. The second kappa shape index (κ2) is 5.35. The number of benzene rings is 1. The summed E-state index contributed by atoms with van der Waals surface area (Å²) < 4.78 is 0. The molecule has 0 bridgehead atoms. The standard InChI is InChI=1S/C17H15ClN2O2S/c18-13-5-2-1-4-11(13)10-20-15(21)17(19-16(20)22)8-3-6-14-12(17)7-9-23-14/h1-2,4-5,7,9H,3,6,8,10H2,(H,19,22)/t17-/m0/s1. The zero-order valence-corrected chi connectivity index (χ0v) is 13.9. The van der Waals surface area contributed by atoms with E-state index in [1.54, 1.807) is 17.4 Å². The van der Waals surface area contributed by atoms with Crippen molar-refractivity contribution in [3.05, 3.63) is 56.7 Å². The SMILES string of the molecule is O=C1N[C@]2(CCCc3sccc32)C(=O)N1Cc1ccccc1Cl. The van der Waals surface area contributed by atoms with Crippen molar-refractivity contribution in [1.29, 1.82) is 0 Å². The van der Waals surface area contributed by atoms with Crippen LogP contribution in [0.4, 0.5) is 4.79 Å². The van der Waals surface area contributed by atoms with E-state index in [0.717, 1.165) is 24.0 Å². The average molecular weight is 347 g/mol. The second-order valence-electron chi connectivity index (χ2n) is 5.93. The summed E-state index contributed by atoms with van der Waals surface area (Å²) in [4.78, 5) is 28.0. The number of hydrogen-bond acceptors (Lipinski definition) is 3. The zero-order valence-electron chi connectivity index (χ0n) is 12.3. The predicted octanol–water partition coefficient (Wildman–Crippen LogP) is 3.69. The Balaban J connectivity index is 1.70. The van der Waals surface area contributed by atoms with Crippen molar-refractivity contribution in [2.45, 2.75) is 31.3 Å². The van der Waals surface area contributed by atoms with Crippen molar-refractivity contribution in [3.63, 3.8) is 0 Å². The molecule has 1 saturated heterocycles. The Labute approximate surface area is 143 Å². The average Bonchev–Trinajstić information content (AvgIpc) is 3.10. The van der Waals surface area contributed by atoms with Gasteiger partial charge in [0.05, 0.1) is 6.54 Å². The van der Waals surface area contributed by atoms with E-state index in [2.05, 4.69) is 5.32 Å². The van der Waals surface area contributed by atoms with Gasteiger partial charge < -0.3 is 5.32 Å². The molecule has 4 rings (SSSR count). The molecule has 1 atom stereocenters. The monoisotopic (exact) mass is 346 g/mol. The molecule has 3 amide bonds. The number of fused-ring (bicyclic) bond motifs is 2.